The Bertz CT molecular complexity index is 364. The summed E-state index contributed by atoms with van der Waals surface area (Å²) in [6.45, 7) is 10.2. The Morgan fingerprint density at radius 1 is 1.33 bits per heavy atom. The Morgan fingerprint density at radius 2 is 2.00 bits per heavy atom. The number of hydrogen-bond donors (Lipinski definition) is 1. The van der Waals surface area contributed by atoms with Gasteiger partial charge in [-0.1, -0.05) is 20.8 Å². The lowest BCUT2D eigenvalue weighted by molar-refractivity contribution is 0.178. The van der Waals surface area contributed by atoms with E-state index < -0.39 is 0 Å². The molecule has 1 aliphatic rings. The van der Waals surface area contributed by atoms with Crippen LogP contribution in [0.5, 0.6) is 0 Å². The number of aromatic nitrogens is 1. The van der Waals surface area contributed by atoms with Gasteiger partial charge in [0.1, 0.15) is 0 Å². The van der Waals surface area contributed by atoms with Crippen LogP contribution in [0.25, 0.3) is 0 Å². The number of rotatable bonds is 4. The molecule has 3 atom stereocenters. The van der Waals surface area contributed by atoms with Crippen LogP contribution in [0.15, 0.2) is 5.51 Å². The quantitative estimate of drug-likeness (QED) is 0.884. The van der Waals surface area contributed by atoms with Gasteiger partial charge in [-0.25, -0.2) is 4.98 Å². The number of aryl methyl sites for hydroxylation is 1. The monoisotopic (exact) mass is 266 g/mol. The first-order valence-electron chi connectivity index (χ1n) is 7.25. The third-order valence-electron chi connectivity index (χ3n) is 4.18. The van der Waals surface area contributed by atoms with Gasteiger partial charge in [-0.2, -0.15) is 0 Å². The Labute approximate surface area is 115 Å². The summed E-state index contributed by atoms with van der Waals surface area (Å²) in [5.74, 6) is 2.52. The summed E-state index contributed by atoms with van der Waals surface area (Å²) < 4.78 is 0. The standard InChI is InChI=1S/C15H26N2S/c1-5-16-14(15-12(4)17-9-18-15)13-7-10(2)6-11(3)8-13/h9-11,13-14,16H,5-8H2,1-4H3. The SMILES string of the molecule is CCNC(c1scnc1C)C1CC(C)CC(C)C1. The Kier molecular flexibility index (Phi) is 4.79. The minimum absolute atomic E-state index is 0.521. The molecule has 1 aliphatic carbocycles. The third-order valence-corrected chi connectivity index (χ3v) is 5.19. The second-order valence-corrected chi connectivity index (χ2v) is 6.90. The first-order chi connectivity index (χ1) is 8.61. The van der Waals surface area contributed by atoms with Gasteiger partial charge in [-0.05, 0) is 50.5 Å². The molecule has 1 N–H and O–H groups in total. The van der Waals surface area contributed by atoms with E-state index in [-0.39, 0.29) is 0 Å². The fraction of sp³-hybridized carbons (Fsp3) is 0.800. The molecule has 0 aliphatic heterocycles. The molecule has 0 amide bonds. The second kappa shape index (κ2) is 6.16. The van der Waals surface area contributed by atoms with Crippen molar-refractivity contribution in [2.45, 2.75) is 53.0 Å². The van der Waals surface area contributed by atoms with Crippen LogP contribution in [0.3, 0.4) is 0 Å². The summed E-state index contributed by atoms with van der Waals surface area (Å²) in [6, 6.07) is 0.521. The predicted molar refractivity (Wildman–Crippen MR) is 78.9 cm³/mol. The van der Waals surface area contributed by atoms with Gasteiger partial charge in [0.2, 0.25) is 0 Å². The van der Waals surface area contributed by atoms with Gasteiger partial charge in [0, 0.05) is 10.9 Å². The van der Waals surface area contributed by atoms with E-state index in [4.69, 9.17) is 0 Å². The zero-order chi connectivity index (χ0) is 13.1. The minimum Gasteiger partial charge on any atom is -0.309 e. The topological polar surface area (TPSA) is 24.9 Å². The van der Waals surface area contributed by atoms with Crippen LogP contribution in [0, 0.1) is 24.7 Å². The molecule has 0 aromatic carbocycles. The maximum Gasteiger partial charge on any atom is 0.0798 e. The normalized spacial score (nSPS) is 30.3. The largest absolute Gasteiger partial charge is 0.309 e. The van der Waals surface area contributed by atoms with Crippen molar-refractivity contribution in [2.75, 3.05) is 6.54 Å². The highest BCUT2D eigenvalue weighted by Gasteiger charge is 2.31. The highest BCUT2D eigenvalue weighted by atomic mass is 32.1. The van der Waals surface area contributed by atoms with Gasteiger partial charge >= 0.3 is 0 Å². The number of thiazole rings is 1. The molecule has 1 heterocycles. The van der Waals surface area contributed by atoms with E-state index in [9.17, 15) is 0 Å². The van der Waals surface area contributed by atoms with Crippen LogP contribution in [0.2, 0.25) is 0 Å². The van der Waals surface area contributed by atoms with E-state index in [0.717, 1.165) is 24.3 Å². The molecule has 18 heavy (non-hydrogen) atoms. The minimum atomic E-state index is 0.521. The maximum absolute atomic E-state index is 4.43. The van der Waals surface area contributed by atoms with Crippen molar-refractivity contribution in [2.24, 2.45) is 17.8 Å². The fourth-order valence-corrected chi connectivity index (χ4v) is 4.55. The van der Waals surface area contributed by atoms with Crippen molar-refractivity contribution in [3.8, 4) is 0 Å². The van der Waals surface area contributed by atoms with E-state index in [0.29, 0.717) is 6.04 Å². The summed E-state index contributed by atoms with van der Waals surface area (Å²) in [4.78, 5) is 5.89. The lowest BCUT2D eigenvalue weighted by atomic mass is 9.73. The highest BCUT2D eigenvalue weighted by Crippen LogP contribution is 2.41. The van der Waals surface area contributed by atoms with Crippen LogP contribution in [0.4, 0.5) is 0 Å². The van der Waals surface area contributed by atoms with Gasteiger partial charge < -0.3 is 5.32 Å². The smallest absolute Gasteiger partial charge is 0.0798 e. The molecule has 3 unspecified atom stereocenters. The fourth-order valence-electron chi connectivity index (χ4n) is 3.58. The lowest BCUT2D eigenvalue weighted by Crippen LogP contribution is -2.33. The Balaban J connectivity index is 2.17. The van der Waals surface area contributed by atoms with E-state index >= 15 is 0 Å². The van der Waals surface area contributed by atoms with Crippen molar-refractivity contribution in [3.63, 3.8) is 0 Å². The molecule has 0 spiro atoms. The molecular weight excluding hydrogens is 240 g/mol. The second-order valence-electron chi connectivity index (χ2n) is 6.01. The lowest BCUT2D eigenvalue weighted by Gasteiger charge is -2.36. The number of hydrogen-bond acceptors (Lipinski definition) is 3. The molecule has 2 rings (SSSR count). The summed E-state index contributed by atoms with van der Waals surface area (Å²) in [7, 11) is 0. The molecular formula is C15H26N2S. The third kappa shape index (κ3) is 3.12. The van der Waals surface area contributed by atoms with Crippen LogP contribution in [-0.2, 0) is 0 Å². The van der Waals surface area contributed by atoms with Crippen molar-refractivity contribution < 1.29 is 0 Å². The summed E-state index contributed by atoms with van der Waals surface area (Å²) in [5.41, 5.74) is 3.21. The molecule has 0 bridgehead atoms. The van der Waals surface area contributed by atoms with Crippen LogP contribution in [-0.4, -0.2) is 11.5 Å². The molecule has 3 heteroatoms. The van der Waals surface area contributed by atoms with Gasteiger partial charge in [0.25, 0.3) is 0 Å². The molecule has 1 saturated carbocycles. The van der Waals surface area contributed by atoms with Crippen molar-refractivity contribution in [3.05, 3.63) is 16.1 Å². The summed E-state index contributed by atoms with van der Waals surface area (Å²) >= 11 is 1.82. The van der Waals surface area contributed by atoms with E-state index in [1.807, 2.05) is 16.8 Å². The molecule has 1 aromatic rings. The number of nitrogens with zero attached hydrogens (tertiary/aromatic N) is 1. The maximum atomic E-state index is 4.43. The summed E-state index contributed by atoms with van der Waals surface area (Å²) in [5, 5.41) is 3.71. The van der Waals surface area contributed by atoms with E-state index in [2.05, 4.69) is 38.0 Å². The average Bonchev–Trinajstić information content (AvgIpc) is 2.71. The average molecular weight is 266 g/mol. The molecule has 0 saturated heterocycles. The van der Waals surface area contributed by atoms with Gasteiger partial charge in [0.15, 0.2) is 0 Å². The van der Waals surface area contributed by atoms with E-state index in [1.54, 1.807) is 0 Å². The molecule has 0 radical (unpaired) electrons. The first-order valence-corrected chi connectivity index (χ1v) is 8.13. The van der Waals surface area contributed by atoms with Crippen molar-refractivity contribution in [1.82, 2.24) is 10.3 Å². The van der Waals surface area contributed by atoms with Crippen molar-refractivity contribution >= 4 is 11.3 Å². The van der Waals surface area contributed by atoms with Gasteiger partial charge in [0.05, 0.1) is 11.2 Å². The molecule has 102 valence electrons. The zero-order valence-corrected chi connectivity index (χ0v) is 12.9. The van der Waals surface area contributed by atoms with E-state index in [1.165, 1.54) is 29.8 Å². The van der Waals surface area contributed by atoms with Crippen LogP contribution >= 0.6 is 11.3 Å². The first kappa shape index (κ1) is 14.0. The number of nitrogens with one attached hydrogen (secondary N) is 1. The van der Waals surface area contributed by atoms with Crippen LogP contribution in [0.1, 0.15) is 56.6 Å². The molecule has 2 nitrogen and oxygen atoms in total. The summed E-state index contributed by atoms with van der Waals surface area (Å²) in [6.07, 6.45) is 4.12. The predicted octanol–water partition coefficient (Wildman–Crippen LogP) is 4.17. The van der Waals surface area contributed by atoms with Gasteiger partial charge in [-0.3, -0.25) is 0 Å². The van der Waals surface area contributed by atoms with Gasteiger partial charge in [-0.15, -0.1) is 11.3 Å². The Hall–Kier alpha value is -0.410. The Morgan fingerprint density at radius 3 is 2.50 bits per heavy atom. The molecule has 1 aromatic heterocycles. The van der Waals surface area contributed by atoms with Crippen molar-refractivity contribution in [1.29, 1.82) is 0 Å². The van der Waals surface area contributed by atoms with Crippen LogP contribution < -0.4 is 5.32 Å². The molecule has 1 fully saturated rings. The zero-order valence-electron chi connectivity index (χ0n) is 12.1. The highest BCUT2D eigenvalue weighted by molar-refractivity contribution is 7.09.